The average molecular weight is 893 g/mol. The molecule has 1 aromatic rings. The predicted octanol–water partition coefficient (Wildman–Crippen LogP) is -5.25. The lowest BCUT2D eigenvalue weighted by Gasteiger charge is -2.25. The van der Waals surface area contributed by atoms with E-state index in [0.717, 1.165) is 0 Å². The standard InChI is InChI=1S/C39H64N12O12/c1-5-22(4)32(51-29(54)16-40)37(61)50-27(19-52)34(58)45-17-30(55)46-25(14-21(2)3)33(57)44-18-31(56)47-28(20-53)36(60)48-24(12-9-13-43-39(41)42)35(59)49-26(38(62)63)15-23-10-7-6-8-11-23/h6-8,10-11,21-22,24-28,32,52-53H,5,9,12-20,40H2,1-4H3,(H,44,57)(H,45,58)(H,46,55)(H,47,56)(H,48,60)(H,49,59)(H,50,61)(H,51,54)(H,62,63)(H4,41,42,43)/t22-,24-,25-,26-,27-,28-,32-/m0/s1. The van der Waals surface area contributed by atoms with Gasteiger partial charge in [-0.2, -0.15) is 0 Å². The summed E-state index contributed by atoms with van der Waals surface area (Å²) < 4.78 is 0. The normalized spacial score (nSPS) is 14.2. The van der Waals surface area contributed by atoms with Crippen molar-refractivity contribution in [3.63, 3.8) is 0 Å². The minimum Gasteiger partial charge on any atom is -0.480 e. The number of amides is 8. The molecule has 63 heavy (non-hydrogen) atoms. The number of carbonyl (C=O) groups is 9. The van der Waals surface area contributed by atoms with Crippen molar-refractivity contribution in [3.05, 3.63) is 35.9 Å². The minimum absolute atomic E-state index is 0.0703. The molecule has 0 radical (unpaired) electrons. The Kier molecular flexibility index (Phi) is 25.1. The highest BCUT2D eigenvalue weighted by Crippen LogP contribution is 2.09. The smallest absolute Gasteiger partial charge is 0.326 e. The molecule has 1 aromatic carbocycles. The number of aliphatic hydroxyl groups is 2. The summed E-state index contributed by atoms with van der Waals surface area (Å²) in [5.41, 5.74) is 11.3. The summed E-state index contributed by atoms with van der Waals surface area (Å²) in [5.74, 6) is -9.01. The summed E-state index contributed by atoms with van der Waals surface area (Å²) in [4.78, 5) is 115. The molecule has 7 atom stereocenters. The maximum Gasteiger partial charge on any atom is 0.326 e. The molecule has 0 aliphatic rings. The second-order valence-electron chi connectivity index (χ2n) is 15.0. The fraction of sp³-hybridized carbons (Fsp3) is 0.590. The van der Waals surface area contributed by atoms with Gasteiger partial charge in [0.1, 0.15) is 36.3 Å². The topological polar surface area (TPSA) is 398 Å². The van der Waals surface area contributed by atoms with Gasteiger partial charge in [-0.05, 0) is 36.7 Å². The summed E-state index contributed by atoms with van der Waals surface area (Å²) >= 11 is 0. The highest BCUT2D eigenvalue weighted by atomic mass is 16.4. The van der Waals surface area contributed by atoms with Crippen LogP contribution in [0.5, 0.6) is 0 Å². The monoisotopic (exact) mass is 892 g/mol. The lowest BCUT2D eigenvalue weighted by Crippen LogP contribution is -2.58. The van der Waals surface area contributed by atoms with Gasteiger partial charge in [-0.3, -0.25) is 43.8 Å². The molecule has 0 saturated carbocycles. The highest BCUT2D eigenvalue weighted by molar-refractivity contribution is 5.96. The summed E-state index contributed by atoms with van der Waals surface area (Å²) in [7, 11) is 0. The number of carboxylic acids is 1. The Bertz CT molecular complexity index is 1720. The number of guanidine groups is 1. The molecule has 24 nitrogen and oxygen atoms in total. The van der Waals surface area contributed by atoms with Gasteiger partial charge in [-0.15, -0.1) is 0 Å². The molecule has 0 aliphatic heterocycles. The van der Waals surface area contributed by atoms with Crippen molar-refractivity contribution in [1.29, 1.82) is 5.41 Å². The number of nitrogens with two attached hydrogens (primary N) is 2. The van der Waals surface area contributed by atoms with Crippen molar-refractivity contribution < 1.29 is 58.5 Å². The molecule has 352 valence electrons. The van der Waals surface area contributed by atoms with E-state index in [2.05, 4.69) is 47.9 Å². The van der Waals surface area contributed by atoms with Gasteiger partial charge in [0.2, 0.25) is 47.3 Å². The first-order valence-corrected chi connectivity index (χ1v) is 20.4. The molecule has 0 bridgehead atoms. The van der Waals surface area contributed by atoms with Crippen molar-refractivity contribution in [2.75, 3.05) is 39.4 Å². The molecule has 0 heterocycles. The first kappa shape index (κ1) is 54.6. The maximum atomic E-state index is 13.3. The van der Waals surface area contributed by atoms with E-state index in [-0.39, 0.29) is 56.6 Å². The van der Waals surface area contributed by atoms with Crippen molar-refractivity contribution in [1.82, 2.24) is 47.9 Å². The van der Waals surface area contributed by atoms with Crippen molar-refractivity contribution in [2.45, 2.75) is 96.1 Å². The van der Waals surface area contributed by atoms with E-state index in [9.17, 15) is 58.5 Å². The third-order valence-corrected chi connectivity index (χ3v) is 9.37. The van der Waals surface area contributed by atoms with Crippen molar-refractivity contribution >= 4 is 59.2 Å². The van der Waals surface area contributed by atoms with Crippen LogP contribution < -0.4 is 59.3 Å². The van der Waals surface area contributed by atoms with Crippen LogP contribution in [-0.4, -0.2) is 150 Å². The Hall–Kier alpha value is -6.40. The second-order valence-corrected chi connectivity index (χ2v) is 15.0. The van der Waals surface area contributed by atoms with Crippen LogP contribution in [-0.2, 0) is 49.6 Å². The lowest BCUT2D eigenvalue weighted by molar-refractivity contribution is -0.142. The van der Waals surface area contributed by atoms with Gasteiger partial charge in [0.15, 0.2) is 5.96 Å². The maximum absolute atomic E-state index is 13.3. The van der Waals surface area contributed by atoms with Crippen LogP contribution in [0.4, 0.5) is 0 Å². The second kappa shape index (κ2) is 29.0. The predicted molar refractivity (Wildman–Crippen MR) is 227 cm³/mol. The van der Waals surface area contributed by atoms with Crippen molar-refractivity contribution in [2.24, 2.45) is 23.3 Å². The van der Waals surface area contributed by atoms with Crippen LogP contribution in [0, 0.1) is 17.2 Å². The van der Waals surface area contributed by atoms with Crippen LogP contribution in [0.3, 0.4) is 0 Å². The van der Waals surface area contributed by atoms with E-state index in [0.29, 0.717) is 12.0 Å². The zero-order valence-electron chi connectivity index (χ0n) is 36.0. The number of benzene rings is 1. The molecular formula is C39H64N12O12. The molecule has 0 aliphatic carbocycles. The lowest BCUT2D eigenvalue weighted by atomic mass is 9.98. The first-order valence-electron chi connectivity index (χ1n) is 20.4. The fourth-order valence-electron chi connectivity index (χ4n) is 5.75. The number of hydrogen-bond donors (Lipinski definition) is 15. The summed E-state index contributed by atoms with van der Waals surface area (Å²) in [5, 5.41) is 58.3. The van der Waals surface area contributed by atoms with E-state index in [4.69, 9.17) is 16.9 Å². The average Bonchev–Trinajstić information content (AvgIpc) is 3.24. The van der Waals surface area contributed by atoms with Gasteiger partial charge in [-0.1, -0.05) is 64.4 Å². The van der Waals surface area contributed by atoms with E-state index in [1.54, 1.807) is 58.0 Å². The van der Waals surface area contributed by atoms with Gasteiger partial charge < -0.3 is 74.6 Å². The molecule has 0 aromatic heterocycles. The van der Waals surface area contributed by atoms with Gasteiger partial charge in [0.25, 0.3) is 0 Å². The third-order valence-electron chi connectivity index (χ3n) is 9.37. The number of aliphatic carboxylic acids is 1. The number of rotatable bonds is 29. The van der Waals surface area contributed by atoms with Crippen LogP contribution >= 0.6 is 0 Å². The zero-order chi connectivity index (χ0) is 47.6. The van der Waals surface area contributed by atoms with E-state index < -0.39 is 116 Å². The van der Waals surface area contributed by atoms with Gasteiger partial charge >= 0.3 is 5.97 Å². The molecule has 0 fully saturated rings. The molecule has 17 N–H and O–H groups in total. The number of aliphatic hydroxyl groups excluding tert-OH is 2. The molecule has 0 spiro atoms. The zero-order valence-corrected chi connectivity index (χ0v) is 36.0. The molecule has 1 rings (SSSR count). The Morgan fingerprint density at radius 3 is 1.67 bits per heavy atom. The number of hydrogen-bond acceptors (Lipinski definition) is 13. The van der Waals surface area contributed by atoms with Crippen LogP contribution in [0.25, 0.3) is 0 Å². The van der Waals surface area contributed by atoms with Crippen molar-refractivity contribution in [3.8, 4) is 0 Å². The molecular weight excluding hydrogens is 829 g/mol. The molecule has 0 saturated heterocycles. The first-order chi connectivity index (χ1) is 29.8. The SMILES string of the molecule is CC[C@H](C)[C@H](NC(=O)CN)C(=O)N[C@@H](CO)C(=O)NCC(=O)N[C@@H](CC(C)C)C(=O)NCC(=O)N[C@@H](CO)C(=O)N[C@@H](CCCNC(=N)N)C(=O)N[C@@H](Cc1ccccc1)C(=O)O. The van der Waals surface area contributed by atoms with Gasteiger partial charge in [0.05, 0.1) is 32.8 Å². The summed E-state index contributed by atoms with van der Waals surface area (Å²) in [6, 6.07) is 0.344. The van der Waals surface area contributed by atoms with Crippen LogP contribution in [0.1, 0.15) is 58.9 Å². The Labute approximate surface area is 365 Å². The van der Waals surface area contributed by atoms with E-state index in [1.807, 2.05) is 0 Å². The minimum atomic E-state index is -1.63. The number of nitrogens with one attached hydrogen (secondary N) is 10. The Balaban J connectivity index is 2.91. The van der Waals surface area contributed by atoms with E-state index >= 15 is 0 Å². The van der Waals surface area contributed by atoms with Crippen LogP contribution in [0.15, 0.2) is 30.3 Å². The molecule has 24 heteroatoms. The third kappa shape index (κ3) is 21.3. The quantitative estimate of drug-likeness (QED) is 0.0203. The number of carbonyl (C=O) groups excluding carboxylic acids is 8. The Morgan fingerprint density at radius 1 is 0.651 bits per heavy atom. The highest BCUT2D eigenvalue weighted by Gasteiger charge is 2.32. The molecule has 0 unspecified atom stereocenters. The van der Waals surface area contributed by atoms with Gasteiger partial charge in [0, 0.05) is 13.0 Å². The molecule has 8 amide bonds. The number of carboxylic acid groups (broad SMARTS) is 1. The largest absolute Gasteiger partial charge is 0.480 e. The summed E-state index contributed by atoms with van der Waals surface area (Å²) in [6.45, 7) is 3.50. The summed E-state index contributed by atoms with van der Waals surface area (Å²) in [6.07, 6.45) is 0.595. The fourth-order valence-corrected chi connectivity index (χ4v) is 5.75. The Morgan fingerprint density at radius 2 is 1.16 bits per heavy atom. The van der Waals surface area contributed by atoms with Crippen LogP contribution in [0.2, 0.25) is 0 Å². The van der Waals surface area contributed by atoms with Gasteiger partial charge in [-0.25, -0.2) is 4.79 Å². The van der Waals surface area contributed by atoms with E-state index in [1.165, 1.54) is 0 Å².